The highest BCUT2D eigenvalue weighted by molar-refractivity contribution is 6.32. The van der Waals surface area contributed by atoms with Crippen LogP contribution in [-0.2, 0) is 23.0 Å². The number of nitrogens with zero attached hydrogens (tertiary/aromatic N) is 2. The van der Waals surface area contributed by atoms with E-state index in [0.29, 0.717) is 18.1 Å². The smallest absolute Gasteiger partial charge is 0.144 e. The quantitative estimate of drug-likeness (QED) is 0.830. The molecule has 0 aromatic carbocycles. The van der Waals surface area contributed by atoms with Crippen LogP contribution in [0.5, 0.6) is 0 Å². The topological polar surface area (TPSA) is 44.1 Å². The number of halogens is 1. The Hall–Kier alpha value is -0.870. The third kappa shape index (κ3) is 2.53. The lowest BCUT2D eigenvalue weighted by molar-refractivity contribution is -0.122. The van der Waals surface area contributed by atoms with Crippen molar-refractivity contribution in [1.29, 1.82) is 0 Å². The summed E-state index contributed by atoms with van der Waals surface area (Å²) in [6.07, 6.45) is 1.34. The van der Waals surface area contributed by atoms with E-state index in [9.17, 15) is 4.79 Å². The van der Waals surface area contributed by atoms with Crippen LogP contribution in [0.15, 0.2) is 0 Å². The van der Waals surface area contributed by atoms with Crippen molar-refractivity contribution in [1.82, 2.24) is 9.78 Å². The summed E-state index contributed by atoms with van der Waals surface area (Å²) in [5.74, 6) is 0.204. The molecule has 1 aromatic rings. The van der Waals surface area contributed by atoms with Crippen molar-refractivity contribution in [3.05, 3.63) is 16.4 Å². The molecule has 0 aliphatic carbocycles. The van der Waals surface area contributed by atoms with Gasteiger partial charge in [-0.3, -0.25) is 9.48 Å². The van der Waals surface area contributed by atoms with E-state index >= 15 is 0 Å². The lowest BCUT2D eigenvalue weighted by Gasteiger charge is -2.07. The monoisotopic (exact) mass is 256 g/mol. The highest BCUT2D eigenvalue weighted by atomic mass is 35.5. The summed E-state index contributed by atoms with van der Waals surface area (Å²) in [7, 11) is 1.81. The molecular weight excluding hydrogens is 240 g/mol. The molecule has 1 aromatic heterocycles. The molecule has 1 aliphatic heterocycles. The average molecular weight is 257 g/mol. The van der Waals surface area contributed by atoms with Crippen LogP contribution in [0.4, 0.5) is 0 Å². The number of hydrogen-bond acceptors (Lipinski definition) is 3. The number of aromatic nitrogens is 2. The van der Waals surface area contributed by atoms with Gasteiger partial charge in [0.2, 0.25) is 0 Å². The lowest BCUT2D eigenvalue weighted by Crippen LogP contribution is -2.18. The van der Waals surface area contributed by atoms with E-state index in [2.05, 4.69) is 5.10 Å². The van der Waals surface area contributed by atoms with Gasteiger partial charge in [-0.05, 0) is 20.3 Å². The van der Waals surface area contributed by atoms with Gasteiger partial charge in [0.25, 0.3) is 0 Å². The number of carbonyl (C=O) groups is 1. The molecule has 0 amide bonds. The van der Waals surface area contributed by atoms with E-state index in [1.165, 1.54) is 0 Å². The Bertz CT molecular complexity index is 442. The van der Waals surface area contributed by atoms with Crippen molar-refractivity contribution in [2.75, 3.05) is 6.61 Å². The predicted molar refractivity (Wildman–Crippen MR) is 65.2 cm³/mol. The van der Waals surface area contributed by atoms with Gasteiger partial charge in [-0.1, -0.05) is 11.6 Å². The molecule has 0 saturated carbocycles. The van der Waals surface area contributed by atoms with Gasteiger partial charge in [0.05, 0.1) is 35.5 Å². The van der Waals surface area contributed by atoms with E-state index in [-0.39, 0.29) is 17.8 Å². The standard InChI is InChI=1S/C12H17ClN2O2/c1-7-4-9(6-17-7)11(16)5-10-12(13)8(2)14-15(10)3/h7,9H,4-6H2,1-3H3. The summed E-state index contributed by atoms with van der Waals surface area (Å²) < 4.78 is 7.10. The van der Waals surface area contributed by atoms with Gasteiger partial charge in [-0.15, -0.1) is 0 Å². The van der Waals surface area contributed by atoms with E-state index in [0.717, 1.165) is 17.8 Å². The Morgan fingerprint density at radius 3 is 2.82 bits per heavy atom. The zero-order chi connectivity index (χ0) is 12.6. The van der Waals surface area contributed by atoms with Gasteiger partial charge in [0.15, 0.2) is 0 Å². The molecule has 2 rings (SSSR count). The number of ether oxygens (including phenoxy) is 1. The second-order valence-electron chi connectivity index (χ2n) is 4.69. The van der Waals surface area contributed by atoms with Crippen LogP contribution in [0.1, 0.15) is 24.7 Å². The Morgan fingerprint density at radius 2 is 2.35 bits per heavy atom. The van der Waals surface area contributed by atoms with E-state index in [1.807, 2.05) is 20.9 Å². The molecule has 1 saturated heterocycles. The maximum absolute atomic E-state index is 12.1. The molecule has 4 nitrogen and oxygen atoms in total. The molecule has 2 atom stereocenters. The summed E-state index contributed by atoms with van der Waals surface area (Å²) in [6.45, 7) is 4.37. The summed E-state index contributed by atoms with van der Waals surface area (Å²) in [4.78, 5) is 12.1. The lowest BCUT2D eigenvalue weighted by atomic mass is 9.97. The minimum absolute atomic E-state index is 0.0104. The van der Waals surface area contributed by atoms with Gasteiger partial charge in [-0.25, -0.2) is 0 Å². The van der Waals surface area contributed by atoms with Gasteiger partial charge in [-0.2, -0.15) is 5.10 Å². The van der Waals surface area contributed by atoms with Crippen molar-refractivity contribution in [3.63, 3.8) is 0 Å². The van der Waals surface area contributed by atoms with E-state index in [1.54, 1.807) is 4.68 Å². The summed E-state index contributed by atoms with van der Waals surface area (Å²) >= 11 is 6.13. The van der Waals surface area contributed by atoms with Gasteiger partial charge < -0.3 is 4.74 Å². The molecule has 0 spiro atoms. The second kappa shape index (κ2) is 4.78. The molecule has 5 heteroatoms. The zero-order valence-electron chi connectivity index (χ0n) is 10.4. The van der Waals surface area contributed by atoms with Crippen molar-refractivity contribution in [2.45, 2.75) is 32.8 Å². The Labute approximate surface area is 106 Å². The third-order valence-corrected chi connectivity index (χ3v) is 3.75. The minimum atomic E-state index is 0.0104. The maximum atomic E-state index is 12.1. The van der Waals surface area contributed by atoms with Gasteiger partial charge in [0.1, 0.15) is 5.78 Å². The molecular formula is C12H17ClN2O2. The first-order valence-corrected chi connectivity index (χ1v) is 6.19. The highest BCUT2D eigenvalue weighted by Crippen LogP contribution is 2.24. The molecule has 0 bridgehead atoms. The molecule has 1 aliphatic rings. The van der Waals surface area contributed by atoms with Crippen LogP contribution < -0.4 is 0 Å². The van der Waals surface area contributed by atoms with Gasteiger partial charge >= 0.3 is 0 Å². The van der Waals surface area contributed by atoms with E-state index in [4.69, 9.17) is 16.3 Å². The fourth-order valence-corrected chi connectivity index (χ4v) is 2.45. The molecule has 2 heterocycles. The minimum Gasteiger partial charge on any atom is -0.378 e. The second-order valence-corrected chi connectivity index (χ2v) is 5.07. The number of aryl methyl sites for hydroxylation is 2. The first-order valence-electron chi connectivity index (χ1n) is 5.81. The average Bonchev–Trinajstić information content (AvgIpc) is 2.79. The van der Waals surface area contributed by atoms with Crippen molar-refractivity contribution in [3.8, 4) is 0 Å². The van der Waals surface area contributed by atoms with Gasteiger partial charge in [0, 0.05) is 13.0 Å². The first kappa shape index (κ1) is 12.6. The Kier molecular flexibility index (Phi) is 3.54. The summed E-state index contributed by atoms with van der Waals surface area (Å²) in [5, 5.41) is 4.81. The largest absolute Gasteiger partial charge is 0.378 e. The summed E-state index contributed by atoms with van der Waals surface area (Å²) in [5.41, 5.74) is 1.57. The van der Waals surface area contributed by atoms with Crippen molar-refractivity contribution >= 4 is 17.4 Å². The molecule has 17 heavy (non-hydrogen) atoms. The number of rotatable bonds is 3. The fourth-order valence-electron chi connectivity index (χ4n) is 2.22. The van der Waals surface area contributed by atoms with E-state index < -0.39 is 0 Å². The van der Waals surface area contributed by atoms with Crippen molar-refractivity contribution in [2.24, 2.45) is 13.0 Å². The van der Waals surface area contributed by atoms with Crippen LogP contribution in [0, 0.1) is 12.8 Å². The Balaban J connectivity index is 2.08. The number of hydrogen-bond donors (Lipinski definition) is 0. The molecule has 94 valence electrons. The molecule has 0 radical (unpaired) electrons. The number of Topliss-reactive ketones (excluding diaryl/α,β-unsaturated/α-hetero) is 1. The fraction of sp³-hybridized carbons (Fsp3) is 0.667. The van der Waals surface area contributed by atoms with Crippen LogP contribution in [0.25, 0.3) is 0 Å². The first-order chi connectivity index (χ1) is 7.99. The summed E-state index contributed by atoms with van der Waals surface area (Å²) in [6, 6.07) is 0. The normalized spacial score (nSPS) is 24.2. The third-order valence-electron chi connectivity index (χ3n) is 3.26. The maximum Gasteiger partial charge on any atom is 0.144 e. The van der Waals surface area contributed by atoms with Crippen LogP contribution in [-0.4, -0.2) is 28.3 Å². The van der Waals surface area contributed by atoms with Crippen LogP contribution >= 0.6 is 11.6 Å². The highest BCUT2D eigenvalue weighted by Gasteiger charge is 2.29. The number of carbonyl (C=O) groups excluding carboxylic acids is 1. The van der Waals surface area contributed by atoms with Crippen LogP contribution in [0.3, 0.4) is 0 Å². The van der Waals surface area contributed by atoms with Crippen molar-refractivity contribution < 1.29 is 9.53 Å². The Morgan fingerprint density at radius 1 is 1.65 bits per heavy atom. The zero-order valence-corrected chi connectivity index (χ0v) is 11.1. The SMILES string of the molecule is Cc1nn(C)c(CC(=O)C2COC(C)C2)c1Cl. The molecule has 0 N–H and O–H groups in total. The molecule has 1 fully saturated rings. The van der Waals surface area contributed by atoms with Crippen LogP contribution in [0.2, 0.25) is 5.02 Å². The molecule has 2 unspecified atom stereocenters. The predicted octanol–water partition coefficient (Wildman–Crippen LogP) is 1.92. The number of ketones is 1.